The van der Waals surface area contributed by atoms with E-state index < -0.39 is 11.2 Å². The van der Waals surface area contributed by atoms with Crippen LogP contribution in [0.5, 0.6) is 0 Å². The van der Waals surface area contributed by atoms with Crippen LogP contribution in [-0.2, 0) is 0 Å². The third-order valence-corrected chi connectivity index (χ3v) is 4.47. The van der Waals surface area contributed by atoms with Crippen molar-refractivity contribution in [1.29, 1.82) is 0 Å². The first kappa shape index (κ1) is 15.2. The number of anilines is 1. The van der Waals surface area contributed by atoms with Crippen molar-refractivity contribution < 1.29 is 0 Å². The Kier molecular flexibility index (Phi) is 3.61. The van der Waals surface area contributed by atoms with Crippen molar-refractivity contribution in [2.75, 3.05) is 18.0 Å². The summed E-state index contributed by atoms with van der Waals surface area (Å²) in [6, 6.07) is 1.84. The number of fused-ring (bicyclic) bond motifs is 1. The molecule has 25 heavy (non-hydrogen) atoms. The zero-order valence-corrected chi connectivity index (χ0v) is 13.4. The Morgan fingerprint density at radius 2 is 2.28 bits per heavy atom. The number of nitrogens with zero attached hydrogens (tertiary/aromatic N) is 4. The van der Waals surface area contributed by atoms with E-state index in [-0.39, 0.29) is 0 Å². The van der Waals surface area contributed by atoms with Crippen molar-refractivity contribution in [2.24, 2.45) is 5.92 Å². The number of rotatable bonds is 3. The number of hydrogen-bond acceptors (Lipinski definition) is 5. The van der Waals surface area contributed by atoms with Crippen molar-refractivity contribution in [3.8, 4) is 23.6 Å². The van der Waals surface area contributed by atoms with Crippen molar-refractivity contribution in [3.05, 3.63) is 45.5 Å². The first-order valence-corrected chi connectivity index (χ1v) is 8.01. The van der Waals surface area contributed by atoms with Crippen LogP contribution >= 0.6 is 0 Å². The number of hydrogen-bond donors (Lipinski definition) is 2. The molecule has 1 aliphatic rings. The van der Waals surface area contributed by atoms with Gasteiger partial charge >= 0.3 is 5.69 Å². The van der Waals surface area contributed by atoms with Crippen molar-refractivity contribution in [2.45, 2.75) is 12.8 Å². The molecular weight excluding hydrogens is 320 g/mol. The van der Waals surface area contributed by atoms with Gasteiger partial charge in [-0.1, -0.05) is 0 Å². The van der Waals surface area contributed by atoms with Gasteiger partial charge in [0.2, 0.25) is 0 Å². The average molecular weight is 336 g/mol. The molecule has 1 atom stereocenters. The summed E-state index contributed by atoms with van der Waals surface area (Å²) in [7, 11) is 0. The molecule has 3 aromatic heterocycles. The topological polar surface area (TPSA) is 99.2 Å². The van der Waals surface area contributed by atoms with E-state index >= 15 is 0 Å². The zero-order valence-electron chi connectivity index (χ0n) is 13.4. The molecule has 0 saturated carbocycles. The Morgan fingerprint density at radius 1 is 1.40 bits per heavy atom. The SMILES string of the molecule is C#CCC1CCN(c2cc(-c3c[nH]c(=O)[nH]c3=O)nn3ccnc23)C1. The van der Waals surface area contributed by atoms with Crippen LogP contribution in [0.2, 0.25) is 0 Å². The monoisotopic (exact) mass is 336 g/mol. The van der Waals surface area contributed by atoms with Gasteiger partial charge < -0.3 is 9.88 Å². The molecule has 1 saturated heterocycles. The van der Waals surface area contributed by atoms with Gasteiger partial charge in [-0.05, 0) is 18.4 Å². The second-order valence-electron chi connectivity index (χ2n) is 6.10. The molecule has 1 fully saturated rings. The van der Waals surface area contributed by atoms with E-state index in [9.17, 15) is 9.59 Å². The Hall–Kier alpha value is -3.34. The second-order valence-corrected chi connectivity index (χ2v) is 6.10. The van der Waals surface area contributed by atoms with E-state index in [2.05, 4.69) is 30.9 Å². The van der Waals surface area contributed by atoms with Crippen LogP contribution in [0.15, 0.2) is 34.2 Å². The van der Waals surface area contributed by atoms with Crippen LogP contribution in [0.1, 0.15) is 12.8 Å². The number of terminal acetylenes is 1. The Balaban J connectivity index is 1.82. The number of H-pyrrole nitrogens is 2. The van der Waals surface area contributed by atoms with Crippen molar-refractivity contribution in [3.63, 3.8) is 0 Å². The fraction of sp³-hybridized carbons (Fsp3) is 0.294. The predicted octanol–water partition coefficient (Wildman–Crippen LogP) is 0.622. The van der Waals surface area contributed by atoms with Gasteiger partial charge in [-0.25, -0.2) is 14.3 Å². The lowest BCUT2D eigenvalue weighted by Crippen LogP contribution is -2.24. The van der Waals surface area contributed by atoms with Gasteiger partial charge in [0, 0.05) is 38.1 Å². The minimum absolute atomic E-state index is 0.302. The third kappa shape index (κ3) is 2.70. The molecule has 3 aromatic rings. The first-order chi connectivity index (χ1) is 12.2. The summed E-state index contributed by atoms with van der Waals surface area (Å²) in [5, 5.41) is 4.44. The Bertz CT molecular complexity index is 1090. The van der Waals surface area contributed by atoms with Crippen LogP contribution < -0.4 is 16.1 Å². The maximum atomic E-state index is 12.1. The first-order valence-electron chi connectivity index (χ1n) is 8.01. The molecule has 0 spiro atoms. The summed E-state index contributed by atoms with van der Waals surface area (Å²) in [4.78, 5) is 34.7. The fourth-order valence-corrected chi connectivity index (χ4v) is 3.25. The molecule has 4 heterocycles. The quantitative estimate of drug-likeness (QED) is 0.683. The van der Waals surface area contributed by atoms with Crippen LogP contribution in [-0.4, -0.2) is 37.7 Å². The standard InChI is InChI=1S/C17H16N6O2/c1-2-3-11-4-6-22(10-11)14-8-13(21-23-7-5-18-15(14)23)12-9-19-17(25)20-16(12)24/h1,5,7-9,11H,3-4,6,10H2,(H2,19,20,24,25). The minimum atomic E-state index is -0.547. The van der Waals surface area contributed by atoms with Gasteiger partial charge in [0.1, 0.15) is 5.69 Å². The van der Waals surface area contributed by atoms with Crippen LogP contribution in [0.25, 0.3) is 16.9 Å². The number of imidazole rings is 1. The van der Waals surface area contributed by atoms with Crippen molar-refractivity contribution in [1.82, 2.24) is 24.6 Å². The Morgan fingerprint density at radius 3 is 3.08 bits per heavy atom. The fourth-order valence-electron chi connectivity index (χ4n) is 3.25. The zero-order chi connectivity index (χ0) is 17.4. The lowest BCUT2D eigenvalue weighted by Gasteiger charge is -2.19. The number of nitrogens with one attached hydrogen (secondary N) is 2. The molecule has 0 amide bonds. The summed E-state index contributed by atoms with van der Waals surface area (Å²) in [5.74, 6) is 3.18. The van der Waals surface area contributed by atoms with Gasteiger partial charge in [0.05, 0.1) is 11.3 Å². The molecular formula is C17H16N6O2. The molecule has 0 radical (unpaired) electrons. The predicted molar refractivity (Wildman–Crippen MR) is 93.4 cm³/mol. The van der Waals surface area contributed by atoms with Gasteiger partial charge in [0.15, 0.2) is 5.65 Å². The maximum Gasteiger partial charge on any atom is 0.325 e. The van der Waals surface area contributed by atoms with Gasteiger partial charge in [-0.2, -0.15) is 5.10 Å². The third-order valence-electron chi connectivity index (χ3n) is 4.47. The highest BCUT2D eigenvalue weighted by molar-refractivity contribution is 5.74. The minimum Gasteiger partial charge on any atom is -0.368 e. The smallest absolute Gasteiger partial charge is 0.325 e. The molecule has 0 aliphatic carbocycles. The second kappa shape index (κ2) is 5.94. The maximum absolute atomic E-state index is 12.1. The molecule has 2 N–H and O–H groups in total. The Labute approximate surface area is 142 Å². The van der Waals surface area contributed by atoms with E-state index in [0.717, 1.165) is 37.3 Å². The highest BCUT2D eigenvalue weighted by atomic mass is 16.2. The van der Waals surface area contributed by atoms with Crippen LogP contribution in [0.4, 0.5) is 5.69 Å². The van der Waals surface area contributed by atoms with E-state index in [1.165, 1.54) is 6.20 Å². The molecule has 126 valence electrons. The van der Waals surface area contributed by atoms with Gasteiger partial charge in [0.25, 0.3) is 5.56 Å². The highest BCUT2D eigenvalue weighted by Crippen LogP contribution is 2.30. The van der Waals surface area contributed by atoms with E-state index in [1.54, 1.807) is 16.9 Å². The molecule has 8 heteroatoms. The van der Waals surface area contributed by atoms with Crippen LogP contribution in [0, 0.1) is 18.3 Å². The molecule has 0 aromatic carbocycles. The summed E-state index contributed by atoms with van der Waals surface area (Å²) in [6.45, 7) is 1.72. The molecule has 8 nitrogen and oxygen atoms in total. The summed E-state index contributed by atoms with van der Waals surface area (Å²) in [6.07, 6.45) is 12.0. The lowest BCUT2D eigenvalue weighted by molar-refractivity contribution is 0.609. The molecule has 0 bridgehead atoms. The van der Waals surface area contributed by atoms with Gasteiger partial charge in [-0.15, -0.1) is 12.3 Å². The normalized spacial score (nSPS) is 17.1. The lowest BCUT2D eigenvalue weighted by atomic mass is 10.1. The number of aromatic amines is 2. The van der Waals surface area contributed by atoms with Crippen molar-refractivity contribution >= 4 is 11.3 Å². The summed E-state index contributed by atoms with van der Waals surface area (Å²) in [5.41, 5.74) is 1.38. The summed E-state index contributed by atoms with van der Waals surface area (Å²) >= 11 is 0. The largest absolute Gasteiger partial charge is 0.368 e. The van der Waals surface area contributed by atoms with E-state index in [4.69, 9.17) is 6.42 Å². The molecule has 4 rings (SSSR count). The summed E-state index contributed by atoms with van der Waals surface area (Å²) < 4.78 is 1.64. The van der Waals surface area contributed by atoms with E-state index in [0.29, 0.717) is 17.2 Å². The molecule has 1 aliphatic heterocycles. The van der Waals surface area contributed by atoms with Crippen LogP contribution in [0.3, 0.4) is 0 Å². The average Bonchev–Trinajstić information content (AvgIpc) is 3.23. The number of aromatic nitrogens is 5. The van der Waals surface area contributed by atoms with Gasteiger partial charge in [-0.3, -0.25) is 9.78 Å². The molecule has 1 unspecified atom stereocenters. The highest BCUT2D eigenvalue weighted by Gasteiger charge is 2.25. The van der Waals surface area contributed by atoms with E-state index in [1.807, 2.05) is 6.07 Å².